The normalized spacial score (nSPS) is 32.3. The second-order valence-corrected chi connectivity index (χ2v) is 9.23. The monoisotopic (exact) mass is 335 g/mol. The fourth-order valence-electron chi connectivity index (χ4n) is 4.46. The van der Waals surface area contributed by atoms with Crippen molar-refractivity contribution in [3.05, 3.63) is 35.4 Å². The van der Waals surface area contributed by atoms with Crippen LogP contribution in [0, 0.1) is 5.92 Å². The van der Waals surface area contributed by atoms with Crippen molar-refractivity contribution in [2.45, 2.75) is 50.0 Å². The summed E-state index contributed by atoms with van der Waals surface area (Å²) in [7, 11) is -3.18. The van der Waals surface area contributed by atoms with E-state index in [0.29, 0.717) is 18.9 Å². The Balaban J connectivity index is 1.31. The van der Waals surface area contributed by atoms with E-state index in [0.717, 1.165) is 32.3 Å². The van der Waals surface area contributed by atoms with Crippen LogP contribution in [0.2, 0.25) is 0 Å². The molecular formula is C18H25NO3S. The van der Waals surface area contributed by atoms with Gasteiger partial charge in [0.1, 0.15) is 0 Å². The topological polar surface area (TPSA) is 55.4 Å². The summed E-state index contributed by atoms with van der Waals surface area (Å²) in [6.07, 6.45) is 6.25. The van der Waals surface area contributed by atoms with Gasteiger partial charge in [-0.2, -0.15) is 0 Å². The number of benzene rings is 1. The van der Waals surface area contributed by atoms with Crippen molar-refractivity contribution in [2.75, 3.05) is 18.9 Å². The fraction of sp³-hybridized carbons (Fsp3) is 0.667. The van der Waals surface area contributed by atoms with E-state index in [-0.39, 0.29) is 17.3 Å². The Labute approximate surface area is 138 Å². The Kier molecular flexibility index (Phi) is 3.98. The van der Waals surface area contributed by atoms with Gasteiger partial charge in [-0.3, -0.25) is 0 Å². The number of sulfonamides is 1. The Hall–Kier alpha value is -0.910. The number of rotatable bonds is 6. The average Bonchev–Trinajstić information content (AvgIpc) is 2.88. The van der Waals surface area contributed by atoms with Crippen molar-refractivity contribution >= 4 is 10.0 Å². The zero-order valence-electron chi connectivity index (χ0n) is 13.5. The molecule has 126 valence electrons. The van der Waals surface area contributed by atoms with Crippen LogP contribution in [0.1, 0.15) is 43.2 Å². The molecule has 1 spiro atoms. The van der Waals surface area contributed by atoms with Gasteiger partial charge in [-0.25, -0.2) is 13.1 Å². The highest BCUT2D eigenvalue weighted by Crippen LogP contribution is 2.61. The third kappa shape index (κ3) is 3.06. The summed E-state index contributed by atoms with van der Waals surface area (Å²) < 4.78 is 32.8. The largest absolute Gasteiger partial charge is 0.378 e. The predicted octanol–water partition coefficient (Wildman–Crippen LogP) is 2.38. The highest BCUT2D eigenvalue weighted by Gasteiger charge is 2.57. The van der Waals surface area contributed by atoms with Crippen molar-refractivity contribution in [1.82, 2.24) is 4.72 Å². The summed E-state index contributed by atoms with van der Waals surface area (Å²) in [6, 6.07) is 8.65. The maximum absolute atomic E-state index is 12.2. The van der Waals surface area contributed by atoms with Gasteiger partial charge in [-0.05, 0) is 55.6 Å². The molecule has 0 radical (unpaired) electrons. The number of hydrogen-bond donors (Lipinski definition) is 1. The summed E-state index contributed by atoms with van der Waals surface area (Å²) in [4.78, 5) is 0. The van der Waals surface area contributed by atoms with Crippen LogP contribution >= 0.6 is 0 Å². The number of ether oxygens (including phenoxy) is 1. The second kappa shape index (κ2) is 5.87. The molecule has 1 saturated heterocycles. The van der Waals surface area contributed by atoms with E-state index in [1.54, 1.807) is 0 Å². The van der Waals surface area contributed by atoms with E-state index in [2.05, 4.69) is 29.0 Å². The zero-order chi connectivity index (χ0) is 15.9. The average molecular weight is 335 g/mol. The van der Waals surface area contributed by atoms with Gasteiger partial charge in [0.05, 0.1) is 11.9 Å². The molecule has 2 fully saturated rings. The van der Waals surface area contributed by atoms with Gasteiger partial charge in [0.25, 0.3) is 0 Å². The van der Waals surface area contributed by atoms with Gasteiger partial charge in [-0.1, -0.05) is 24.3 Å². The van der Waals surface area contributed by atoms with Crippen LogP contribution in [-0.2, 0) is 26.6 Å². The minimum atomic E-state index is -3.18. The van der Waals surface area contributed by atoms with Crippen molar-refractivity contribution in [1.29, 1.82) is 0 Å². The highest BCUT2D eigenvalue weighted by atomic mass is 32.2. The fourth-order valence-corrected chi connectivity index (χ4v) is 5.63. The van der Waals surface area contributed by atoms with Crippen LogP contribution < -0.4 is 4.72 Å². The molecule has 4 nitrogen and oxygen atoms in total. The lowest BCUT2D eigenvalue weighted by Crippen LogP contribution is -2.31. The molecule has 3 atom stereocenters. The summed E-state index contributed by atoms with van der Waals surface area (Å²) in [5.41, 5.74) is 3.17. The first kappa shape index (κ1) is 15.6. The van der Waals surface area contributed by atoms with E-state index in [1.165, 1.54) is 17.5 Å². The molecule has 0 aromatic heterocycles. The van der Waals surface area contributed by atoms with Crippen LogP contribution in [0.15, 0.2) is 24.3 Å². The summed E-state index contributed by atoms with van der Waals surface area (Å²) >= 11 is 0. The number of nitrogens with one attached hydrogen (secondary N) is 1. The smallest absolute Gasteiger partial charge is 0.211 e. The number of aryl methyl sites for hydroxylation is 1. The molecule has 0 unspecified atom stereocenters. The van der Waals surface area contributed by atoms with Gasteiger partial charge >= 0.3 is 0 Å². The molecule has 1 aromatic carbocycles. The lowest BCUT2D eigenvalue weighted by Gasteiger charge is -2.13. The molecule has 5 heteroatoms. The lowest BCUT2D eigenvalue weighted by atomic mass is 9.95. The first-order valence-corrected chi connectivity index (χ1v) is 10.4. The second-order valence-electron chi connectivity index (χ2n) is 7.31. The van der Waals surface area contributed by atoms with Gasteiger partial charge in [0, 0.05) is 18.6 Å². The van der Waals surface area contributed by atoms with E-state index >= 15 is 0 Å². The van der Waals surface area contributed by atoms with Gasteiger partial charge < -0.3 is 4.74 Å². The molecule has 23 heavy (non-hydrogen) atoms. The summed E-state index contributed by atoms with van der Waals surface area (Å²) in [5.74, 6) is 0.650. The molecule has 0 bridgehead atoms. The molecule has 1 N–H and O–H groups in total. The van der Waals surface area contributed by atoms with Crippen molar-refractivity contribution in [3.8, 4) is 0 Å². The SMILES string of the molecule is O=S(=O)(CC[C@@H]1CCCO1)NC[C@H]1C[C@]12CCc1ccccc12. The molecular weight excluding hydrogens is 310 g/mol. The molecule has 1 aromatic rings. The maximum atomic E-state index is 12.2. The Morgan fingerprint density at radius 1 is 1.30 bits per heavy atom. The number of fused-ring (bicyclic) bond motifs is 2. The van der Waals surface area contributed by atoms with Crippen LogP contribution in [-0.4, -0.2) is 33.4 Å². The Morgan fingerprint density at radius 2 is 2.17 bits per heavy atom. The minimum Gasteiger partial charge on any atom is -0.378 e. The first-order chi connectivity index (χ1) is 11.1. The quantitative estimate of drug-likeness (QED) is 0.868. The molecule has 0 amide bonds. The standard InChI is InChI=1S/C18H25NO3S/c20-23(21,11-8-16-5-3-10-22-16)19-13-15-12-18(15)9-7-14-4-1-2-6-17(14)18/h1-2,4,6,15-16,19H,3,5,7-13H2/t15-,16+,18-/m1/s1. The van der Waals surface area contributed by atoms with Crippen LogP contribution in [0.3, 0.4) is 0 Å². The molecule has 3 aliphatic rings. The third-order valence-electron chi connectivity index (χ3n) is 5.91. The molecule has 1 heterocycles. The molecule has 4 rings (SSSR count). The molecule has 1 aliphatic heterocycles. The van der Waals surface area contributed by atoms with Crippen LogP contribution in [0.5, 0.6) is 0 Å². The lowest BCUT2D eigenvalue weighted by molar-refractivity contribution is 0.109. The van der Waals surface area contributed by atoms with Gasteiger partial charge in [0.2, 0.25) is 10.0 Å². The Bertz CT molecular complexity index is 681. The van der Waals surface area contributed by atoms with E-state index < -0.39 is 10.0 Å². The van der Waals surface area contributed by atoms with Gasteiger partial charge in [-0.15, -0.1) is 0 Å². The van der Waals surface area contributed by atoms with Gasteiger partial charge in [0.15, 0.2) is 0 Å². The Morgan fingerprint density at radius 3 is 3.00 bits per heavy atom. The van der Waals surface area contributed by atoms with E-state index in [1.807, 2.05) is 0 Å². The molecule has 1 saturated carbocycles. The molecule has 2 aliphatic carbocycles. The predicted molar refractivity (Wildman–Crippen MR) is 89.9 cm³/mol. The summed E-state index contributed by atoms with van der Waals surface area (Å²) in [6.45, 7) is 1.37. The van der Waals surface area contributed by atoms with E-state index in [9.17, 15) is 8.42 Å². The van der Waals surface area contributed by atoms with Crippen molar-refractivity contribution < 1.29 is 13.2 Å². The van der Waals surface area contributed by atoms with Crippen molar-refractivity contribution in [3.63, 3.8) is 0 Å². The third-order valence-corrected chi connectivity index (χ3v) is 7.29. The summed E-state index contributed by atoms with van der Waals surface area (Å²) in [5, 5.41) is 0. The zero-order valence-corrected chi connectivity index (χ0v) is 14.3. The maximum Gasteiger partial charge on any atom is 0.211 e. The highest BCUT2D eigenvalue weighted by molar-refractivity contribution is 7.89. The number of hydrogen-bond acceptors (Lipinski definition) is 3. The van der Waals surface area contributed by atoms with Crippen LogP contribution in [0.25, 0.3) is 0 Å². The first-order valence-electron chi connectivity index (χ1n) is 8.76. The minimum absolute atomic E-state index is 0.139. The van der Waals surface area contributed by atoms with E-state index in [4.69, 9.17) is 4.74 Å². The van der Waals surface area contributed by atoms with Crippen molar-refractivity contribution in [2.24, 2.45) is 5.92 Å². The van der Waals surface area contributed by atoms with Crippen LogP contribution in [0.4, 0.5) is 0 Å².